The van der Waals surface area contributed by atoms with E-state index in [-0.39, 0.29) is 0 Å². The molecule has 5 heteroatoms. The molecule has 1 amide bonds. The fourth-order valence-corrected chi connectivity index (χ4v) is 4.73. The highest BCUT2D eigenvalue weighted by molar-refractivity contribution is 5.76. The Labute approximate surface area is 169 Å². The van der Waals surface area contributed by atoms with Gasteiger partial charge in [-0.05, 0) is 62.4 Å². The van der Waals surface area contributed by atoms with E-state index in [0.29, 0.717) is 38.0 Å². The molecule has 0 radical (unpaired) electrons. The molecule has 1 saturated heterocycles. The average molecular weight is 387 g/mol. The predicted octanol–water partition coefficient (Wildman–Crippen LogP) is 3.85. The van der Waals surface area contributed by atoms with Crippen molar-refractivity contribution in [1.29, 1.82) is 0 Å². The zero-order valence-electron chi connectivity index (χ0n) is 17.0. The van der Waals surface area contributed by atoms with Gasteiger partial charge in [-0.2, -0.15) is 0 Å². The lowest BCUT2D eigenvalue weighted by Crippen LogP contribution is -2.38. The molecule has 0 spiro atoms. The monoisotopic (exact) mass is 386 g/mol. The van der Waals surface area contributed by atoms with Crippen LogP contribution in [0.3, 0.4) is 0 Å². The molecule has 1 aromatic rings. The molecule has 4 rings (SSSR count). The molecule has 5 nitrogen and oxygen atoms in total. The summed E-state index contributed by atoms with van der Waals surface area (Å²) in [6, 6.07) is 6.10. The Morgan fingerprint density at radius 2 is 1.75 bits per heavy atom. The van der Waals surface area contributed by atoms with Crippen LogP contribution in [0.4, 0.5) is 0 Å². The molecule has 2 aliphatic heterocycles. The van der Waals surface area contributed by atoms with Crippen LogP contribution < -0.4 is 9.47 Å². The topological polar surface area (TPSA) is 42.0 Å². The van der Waals surface area contributed by atoms with E-state index >= 15 is 0 Å². The van der Waals surface area contributed by atoms with Crippen molar-refractivity contribution in [2.24, 2.45) is 5.92 Å². The van der Waals surface area contributed by atoms with Crippen molar-refractivity contribution < 1.29 is 14.3 Å². The van der Waals surface area contributed by atoms with Crippen LogP contribution in [-0.2, 0) is 11.3 Å². The molecule has 0 aromatic heterocycles. The van der Waals surface area contributed by atoms with Crippen LogP contribution in [0, 0.1) is 5.92 Å². The first-order chi connectivity index (χ1) is 13.8. The summed E-state index contributed by atoms with van der Waals surface area (Å²) in [6.45, 7) is 6.02. The molecule has 2 fully saturated rings. The summed E-state index contributed by atoms with van der Waals surface area (Å²) in [5.41, 5.74) is 1.13. The summed E-state index contributed by atoms with van der Waals surface area (Å²) in [5.74, 6) is 2.52. The SMILES string of the molecule is O=C(CC1CCCCC1)N(CCN1CCCC1)Cc1ccc2c(c1)OCCO2. The maximum Gasteiger partial charge on any atom is 0.223 e. The van der Waals surface area contributed by atoms with Crippen LogP contribution in [0.25, 0.3) is 0 Å². The third kappa shape index (κ3) is 5.19. The Morgan fingerprint density at radius 1 is 1.00 bits per heavy atom. The average Bonchev–Trinajstić information content (AvgIpc) is 3.25. The summed E-state index contributed by atoms with van der Waals surface area (Å²) >= 11 is 0. The minimum absolute atomic E-state index is 0.320. The summed E-state index contributed by atoms with van der Waals surface area (Å²) in [7, 11) is 0. The number of carbonyl (C=O) groups is 1. The smallest absolute Gasteiger partial charge is 0.223 e. The Bertz CT molecular complexity index is 651. The molecule has 1 aromatic carbocycles. The highest BCUT2D eigenvalue weighted by atomic mass is 16.6. The number of likely N-dealkylation sites (tertiary alicyclic amines) is 1. The second-order valence-corrected chi connectivity index (χ2v) is 8.55. The molecule has 2 heterocycles. The van der Waals surface area contributed by atoms with Crippen LogP contribution in [-0.4, -0.2) is 55.1 Å². The largest absolute Gasteiger partial charge is 0.486 e. The number of fused-ring (bicyclic) bond motifs is 1. The molecule has 1 aliphatic carbocycles. The Balaban J connectivity index is 1.41. The number of rotatable bonds is 7. The van der Waals surface area contributed by atoms with Crippen LogP contribution >= 0.6 is 0 Å². The van der Waals surface area contributed by atoms with Gasteiger partial charge in [0.15, 0.2) is 11.5 Å². The minimum Gasteiger partial charge on any atom is -0.486 e. The first-order valence-electron chi connectivity index (χ1n) is 11.2. The van der Waals surface area contributed by atoms with Crippen LogP contribution in [0.5, 0.6) is 11.5 Å². The van der Waals surface area contributed by atoms with E-state index in [1.807, 2.05) is 12.1 Å². The first-order valence-corrected chi connectivity index (χ1v) is 11.2. The van der Waals surface area contributed by atoms with Gasteiger partial charge >= 0.3 is 0 Å². The second-order valence-electron chi connectivity index (χ2n) is 8.55. The van der Waals surface area contributed by atoms with Crippen molar-refractivity contribution >= 4 is 5.91 Å². The molecular formula is C23H34N2O3. The Hall–Kier alpha value is -1.75. The van der Waals surface area contributed by atoms with Crippen molar-refractivity contribution in [3.63, 3.8) is 0 Å². The van der Waals surface area contributed by atoms with Gasteiger partial charge in [0.1, 0.15) is 13.2 Å². The maximum absolute atomic E-state index is 13.2. The number of hydrogen-bond donors (Lipinski definition) is 0. The van der Waals surface area contributed by atoms with Crippen molar-refractivity contribution in [3.8, 4) is 11.5 Å². The summed E-state index contributed by atoms with van der Waals surface area (Å²) in [6.07, 6.45) is 9.63. The molecule has 0 unspecified atom stereocenters. The number of amides is 1. The Morgan fingerprint density at radius 3 is 2.54 bits per heavy atom. The fraction of sp³-hybridized carbons (Fsp3) is 0.696. The van der Waals surface area contributed by atoms with Crippen molar-refractivity contribution in [1.82, 2.24) is 9.80 Å². The van der Waals surface area contributed by atoms with Crippen molar-refractivity contribution in [2.45, 2.75) is 57.9 Å². The zero-order chi connectivity index (χ0) is 19.2. The third-order valence-corrected chi connectivity index (χ3v) is 6.41. The number of benzene rings is 1. The van der Waals surface area contributed by atoms with E-state index in [1.54, 1.807) is 0 Å². The number of hydrogen-bond acceptors (Lipinski definition) is 4. The number of nitrogens with zero attached hydrogens (tertiary/aromatic N) is 2. The van der Waals surface area contributed by atoms with Gasteiger partial charge < -0.3 is 19.3 Å². The van der Waals surface area contributed by atoms with Gasteiger partial charge in [0.05, 0.1) is 0 Å². The normalized spacial score (nSPS) is 20.3. The highest BCUT2D eigenvalue weighted by Gasteiger charge is 2.23. The predicted molar refractivity (Wildman–Crippen MR) is 110 cm³/mol. The van der Waals surface area contributed by atoms with Gasteiger partial charge in [-0.25, -0.2) is 0 Å². The van der Waals surface area contributed by atoms with E-state index in [2.05, 4.69) is 15.9 Å². The van der Waals surface area contributed by atoms with E-state index in [4.69, 9.17) is 9.47 Å². The fourth-order valence-electron chi connectivity index (χ4n) is 4.73. The Kier molecular flexibility index (Phi) is 6.73. The lowest BCUT2D eigenvalue weighted by Gasteiger charge is -2.29. The van der Waals surface area contributed by atoms with Crippen LogP contribution in [0.2, 0.25) is 0 Å². The third-order valence-electron chi connectivity index (χ3n) is 6.41. The van der Waals surface area contributed by atoms with E-state index in [9.17, 15) is 4.79 Å². The molecule has 1 saturated carbocycles. The molecule has 0 atom stereocenters. The van der Waals surface area contributed by atoms with Gasteiger partial charge in [0, 0.05) is 26.1 Å². The quantitative estimate of drug-likeness (QED) is 0.714. The summed E-state index contributed by atoms with van der Waals surface area (Å²) in [4.78, 5) is 17.7. The van der Waals surface area contributed by atoms with Gasteiger partial charge in [0.2, 0.25) is 5.91 Å². The van der Waals surface area contributed by atoms with E-state index in [0.717, 1.165) is 30.2 Å². The van der Waals surface area contributed by atoms with Crippen molar-refractivity contribution in [2.75, 3.05) is 39.4 Å². The van der Waals surface area contributed by atoms with Crippen LogP contribution in [0.15, 0.2) is 18.2 Å². The van der Waals surface area contributed by atoms with E-state index < -0.39 is 0 Å². The molecule has 3 aliphatic rings. The van der Waals surface area contributed by atoms with Crippen LogP contribution in [0.1, 0.15) is 56.9 Å². The maximum atomic E-state index is 13.2. The number of ether oxygens (including phenoxy) is 2. The molecule has 28 heavy (non-hydrogen) atoms. The van der Waals surface area contributed by atoms with Crippen molar-refractivity contribution in [3.05, 3.63) is 23.8 Å². The lowest BCUT2D eigenvalue weighted by atomic mass is 9.86. The minimum atomic E-state index is 0.320. The van der Waals surface area contributed by atoms with E-state index in [1.165, 1.54) is 58.0 Å². The zero-order valence-corrected chi connectivity index (χ0v) is 17.0. The van der Waals surface area contributed by atoms with Gasteiger partial charge in [-0.15, -0.1) is 0 Å². The highest BCUT2D eigenvalue weighted by Crippen LogP contribution is 2.31. The summed E-state index contributed by atoms with van der Waals surface area (Å²) in [5, 5.41) is 0. The lowest BCUT2D eigenvalue weighted by molar-refractivity contribution is -0.133. The van der Waals surface area contributed by atoms with Gasteiger partial charge in [-0.1, -0.05) is 25.3 Å². The first kappa shape index (κ1) is 19.6. The van der Waals surface area contributed by atoms with Gasteiger partial charge in [0.25, 0.3) is 0 Å². The summed E-state index contributed by atoms with van der Waals surface area (Å²) < 4.78 is 11.4. The molecular weight excluding hydrogens is 352 g/mol. The molecule has 0 N–H and O–H groups in total. The van der Waals surface area contributed by atoms with Gasteiger partial charge in [-0.3, -0.25) is 4.79 Å². The molecule has 0 bridgehead atoms. The number of carbonyl (C=O) groups excluding carboxylic acids is 1. The second kappa shape index (κ2) is 9.64. The standard InChI is InChI=1S/C23H34N2O3/c26-23(17-19-6-2-1-3-7-19)25(13-12-24-10-4-5-11-24)18-20-8-9-21-22(16-20)28-15-14-27-21/h8-9,16,19H,1-7,10-15,17-18H2. The molecule has 154 valence electrons.